The Morgan fingerprint density at radius 3 is 1.58 bits per heavy atom. The second-order valence-corrected chi connectivity index (χ2v) is 15.1. The minimum absolute atomic E-state index is 1.02. The van der Waals surface area contributed by atoms with Gasteiger partial charge in [-0.1, -0.05) is 0 Å². The summed E-state index contributed by atoms with van der Waals surface area (Å²) in [4.78, 5) is 0. The molecule has 3 rings (SSSR count). The average molecular weight is 446 g/mol. The van der Waals surface area contributed by atoms with E-state index in [-0.39, 0.29) is 0 Å². The molecule has 0 unspecified atom stereocenters. The summed E-state index contributed by atoms with van der Waals surface area (Å²) < 4.78 is 4.40. The molecule has 0 bridgehead atoms. The Kier molecular flexibility index (Phi) is 4.67. The number of hydrogen-bond acceptors (Lipinski definition) is 0. The topological polar surface area (TPSA) is 0 Å². The normalized spacial score (nSPS) is 16.7. The molecule has 1 fully saturated rings. The Labute approximate surface area is 124 Å². The van der Waals surface area contributed by atoms with Crippen molar-refractivity contribution in [1.82, 2.24) is 0 Å². The van der Waals surface area contributed by atoms with Crippen molar-refractivity contribution in [1.29, 1.82) is 0 Å². The first kappa shape index (κ1) is 13.3. The van der Waals surface area contributed by atoms with E-state index in [4.69, 9.17) is 0 Å². The molecule has 1 saturated carbocycles. The molecule has 0 amide bonds. The van der Waals surface area contributed by atoms with Gasteiger partial charge in [0.05, 0.1) is 0 Å². The van der Waals surface area contributed by atoms with Crippen LogP contribution in [-0.4, -0.2) is 21.8 Å². The summed E-state index contributed by atoms with van der Waals surface area (Å²) in [5, 5.41) is 0. The van der Waals surface area contributed by atoms with E-state index in [0.29, 0.717) is 0 Å². The molecule has 0 nitrogen and oxygen atoms in total. The molecule has 1 aliphatic carbocycles. The molecule has 0 aromatic heterocycles. The summed E-state index contributed by atoms with van der Waals surface area (Å²) in [6.45, 7) is 0. The van der Waals surface area contributed by atoms with Gasteiger partial charge in [0.1, 0.15) is 0 Å². The van der Waals surface area contributed by atoms with Crippen LogP contribution in [0.4, 0.5) is 0 Å². The van der Waals surface area contributed by atoms with Crippen LogP contribution in [0.2, 0.25) is 3.63 Å². The first-order valence-corrected chi connectivity index (χ1v) is 12.8. The molecule has 98 valence electrons. The van der Waals surface area contributed by atoms with Crippen LogP contribution in [0.3, 0.4) is 0 Å². The summed E-state index contributed by atoms with van der Waals surface area (Å²) in [5.74, 6) is 0. The molecule has 2 aromatic carbocycles. The number of rotatable bonds is 3. The Hall–Kier alpha value is -0.677. The summed E-state index contributed by atoms with van der Waals surface area (Å²) in [5.41, 5.74) is 0. The van der Waals surface area contributed by atoms with Crippen molar-refractivity contribution in [2.24, 2.45) is 0 Å². The minimum atomic E-state index is -1.79. The van der Waals surface area contributed by atoms with Gasteiger partial charge >= 0.3 is 125 Å². The average Bonchev–Trinajstić information content (AvgIpc) is 2.51. The van der Waals surface area contributed by atoms with Gasteiger partial charge in [0.25, 0.3) is 0 Å². The zero-order valence-corrected chi connectivity index (χ0v) is 14.8. The fraction of sp³-hybridized carbons (Fsp3) is 0.333. The van der Waals surface area contributed by atoms with Gasteiger partial charge in [-0.15, -0.1) is 0 Å². The van der Waals surface area contributed by atoms with Crippen molar-refractivity contribution in [3.05, 3.63) is 60.7 Å². The third-order valence-electron chi connectivity index (χ3n) is 4.01. The van der Waals surface area contributed by atoms with E-state index in [0.717, 1.165) is 3.63 Å². The molecule has 0 N–H and O–H groups in total. The van der Waals surface area contributed by atoms with Crippen LogP contribution in [0, 0.1) is 0 Å². The van der Waals surface area contributed by atoms with Crippen molar-refractivity contribution < 1.29 is 0 Å². The van der Waals surface area contributed by atoms with Crippen LogP contribution < -0.4 is 6.54 Å². The fourth-order valence-electron chi connectivity index (χ4n) is 3.09. The van der Waals surface area contributed by atoms with Gasteiger partial charge in [-0.2, -0.15) is 0 Å². The van der Waals surface area contributed by atoms with E-state index in [1.807, 2.05) is 0 Å². The van der Waals surface area contributed by atoms with Crippen LogP contribution in [0.15, 0.2) is 60.7 Å². The van der Waals surface area contributed by atoms with E-state index >= 15 is 0 Å². The molecule has 0 spiro atoms. The number of hydrogen-bond donors (Lipinski definition) is 0. The molecular weight excluding hydrogens is 425 g/mol. The molecule has 0 atom stereocenters. The predicted molar refractivity (Wildman–Crippen MR) is 84.7 cm³/mol. The van der Waals surface area contributed by atoms with Crippen LogP contribution in [0.1, 0.15) is 32.1 Å². The van der Waals surface area contributed by atoms with Gasteiger partial charge in [-0.05, 0) is 0 Å². The molecule has 0 aliphatic heterocycles. The van der Waals surface area contributed by atoms with Crippen molar-refractivity contribution in [3.63, 3.8) is 0 Å². The first-order valence-electron chi connectivity index (χ1n) is 7.34. The zero-order valence-electron chi connectivity index (χ0n) is 11.3. The summed E-state index contributed by atoms with van der Waals surface area (Å²) in [6, 6.07) is 22.8. The van der Waals surface area contributed by atoms with E-state index in [2.05, 4.69) is 60.7 Å². The second kappa shape index (κ2) is 6.66. The first-order chi connectivity index (χ1) is 9.45. The molecule has 2 aromatic rings. The van der Waals surface area contributed by atoms with Gasteiger partial charge in [0.15, 0.2) is 0 Å². The third-order valence-corrected chi connectivity index (χ3v) is 15.5. The van der Waals surface area contributed by atoms with Crippen LogP contribution in [0.5, 0.6) is 0 Å². The molecule has 1 aliphatic rings. The van der Waals surface area contributed by atoms with Crippen LogP contribution >= 0.6 is 0 Å². The second-order valence-electron chi connectivity index (χ2n) is 5.33. The standard InChI is InChI=1S/C6H11.2C6H5.Bi/c3*1-2-4-6-5-3-1;/h1H,2-6H2;2*1-5H;. The molecule has 0 radical (unpaired) electrons. The van der Waals surface area contributed by atoms with Gasteiger partial charge in [0.2, 0.25) is 0 Å². The molecular formula is C18H21Bi. The summed E-state index contributed by atoms with van der Waals surface area (Å²) >= 11 is -1.79. The van der Waals surface area contributed by atoms with Gasteiger partial charge < -0.3 is 0 Å². The third kappa shape index (κ3) is 3.26. The monoisotopic (exact) mass is 446 g/mol. The van der Waals surface area contributed by atoms with Gasteiger partial charge in [0, 0.05) is 0 Å². The number of benzene rings is 2. The Morgan fingerprint density at radius 1 is 0.632 bits per heavy atom. The maximum absolute atomic E-state index is 2.39. The van der Waals surface area contributed by atoms with E-state index in [1.165, 1.54) is 32.1 Å². The molecule has 0 saturated heterocycles. The molecule has 0 heterocycles. The summed E-state index contributed by atoms with van der Waals surface area (Å²) in [6.07, 6.45) is 7.31. The van der Waals surface area contributed by atoms with Crippen LogP contribution in [0.25, 0.3) is 0 Å². The van der Waals surface area contributed by atoms with Crippen molar-refractivity contribution in [2.45, 2.75) is 35.7 Å². The van der Waals surface area contributed by atoms with Gasteiger partial charge in [-0.3, -0.25) is 0 Å². The SMILES string of the molecule is c1cc[c]([Bi]([c]2ccccc2)[CH]2CCCCC2)cc1. The molecule has 1 heteroatoms. The Balaban J connectivity index is 1.96. The molecule has 19 heavy (non-hydrogen) atoms. The van der Waals surface area contributed by atoms with Crippen molar-refractivity contribution >= 4 is 28.3 Å². The Bertz CT molecular complexity index is 446. The van der Waals surface area contributed by atoms with E-state index < -0.39 is 21.8 Å². The quantitative estimate of drug-likeness (QED) is 0.632. The van der Waals surface area contributed by atoms with E-state index in [1.54, 1.807) is 6.54 Å². The van der Waals surface area contributed by atoms with Gasteiger partial charge in [-0.25, -0.2) is 0 Å². The predicted octanol–water partition coefficient (Wildman–Crippen LogP) is 3.63. The van der Waals surface area contributed by atoms with Crippen LogP contribution in [-0.2, 0) is 0 Å². The Morgan fingerprint density at radius 2 is 1.11 bits per heavy atom. The van der Waals surface area contributed by atoms with Crippen molar-refractivity contribution in [2.75, 3.05) is 0 Å². The van der Waals surface area contributed by atoms with Crippen molar-refractivity contribution in [3.8, 4) is 0 Å². The fourth-order valence-corrected chi connectivity index (χ4v) is 14.8. The van der Waals surface area contributed by atoms with E-state index in [9.17, 15) is 0 Å². The summed E-state index contributed by atoms with van der Waals surface area (Å²) in [7, 11) is 0. The zero-order chi connectivity index (χ0) is 12.9. The maximum atomic E-state index is 2.39.